The molecule has 1 atom stereocenters. The molecule has 3 N–H and O–H groups in total. The molecule has 7 nitrogen and oxygen atoms in total. The van der Waals surface area contributed by atoms with Gasteiger partial charge in [-0.15, -0.1) is 0 Å². The van der Waals surface area contributed by atoms with E-state index in [-0.39, 0.29) is 18.0 Å². The maximum atomic E-state index is 13.1. The summed E-state index contributed by atoms with van der Waals surface area (Å²) in [6, 6.07) is 2.35. The molecule has 1 aliphatic carbocycles. The summed E-state index contributed by atoms with van der Waals surface area (Å²) in [5, 5.41) is 15.1. The molecule has 2 saturated heterocycles. The van der Waals surface area contributed by atoms with E-state index in [9.17, 15) is 4.79 Å². The van der Waals surface area contributed by atoms with Gasteiger partial charge < -0.3 is 20.5 Å². The van der Waals surface area contributed by atoms with E-state index in [4.69, 9.17) is 4.52 Å². The van der Waals surface area contributed by atoms with Gasteiger partial charge in [0.1, 0.15) is 5.69 Å². The van der Waals surface area contributed by atoms with Gasteiger partial charge in [-0.2, -0.15) is 0 Å². The van der Waals surface area contributed by atoms with Crippen LogP contribution >= 0.6 is 0 Å². The van der Waals surface area contributed by atoms with Crippen molar-refractivity contribution < 1.29 is 9.32 Å². The van der Waals surface area contributed by atoms with Crippen LogP contribution in [-0.2, 0) is 0 Å². The number of carbonyl (C=O) groups is 1. The predicted molar refractivity (Wildman–Crippen MR) is 97.1 cm³/mol. The zero-order valence-electron chi connectivity index (χ0n) is 14.9. The summed E-state index contributed by atoms with van der Waals surface area (Å²) in [7, 11) is 0. The average Bonchev–Trinajstić information content (AvgIpc) is 3.21. The molecule has 5 rings (SSSR count). The van der Waals surface area contributed by atoms with Crippen molar-refractivity contribution in [1.82, 2.24) is 26.1 Å². The Hall–Kier alpha value is -1.99. The maximum Gasteiger partial charge on any atom is 0.259 e. The lowest BCUT2D eigenvalue weighted by Crippen LogP contribution is -2.42. The van der Waals surface area contributed by atoms with Crippen molar-refractivity contribution in [1.29, 1.82) is 0 Å². The Morgan fingerprint density at radius 1 is 1.15 bits per heavy atom. The van der Waals surface area contributed by atoms with Crippen LogP contribution in [0.1, 0.15) is 72.2 Å². The van der Waals surface area contributed by atoms with Crippen molar-refractivity contribution >= 4 is 17.0 Å². The molecule has 2 aromatic rings. The Morgan fingerprint density at radius 2 is 2.00 bits per heavy atom. The van der Waals surface area contributed by atoms with Crippen molar-refractivity contribution in [3.63, 3.8) is 0 Å². The first kappa shape index (κ1) is 16.2. The van der Waals surface area contributed by atoms with Crippen molar-refractivity contribution in [3.05, 3.63) is 23.0 Å². The number of carbonyl (C=O) groups excluding carboxylic acids is 1. The van der Waals surface area contributed by atoms with Gasteiger partial charge in [-0.25, -0.2) is 4.98 Å². The van der Waals surface area contributed by atoms with Gasteiger partial charge in [0.15, 0.2) is 0 Å². The first-order valence-electron chi connectivity index (χ1n) is 9.85. The number of hydrogen-bond donors (Lipinski definition) is 3. The summed E-state index contributed by atoms with van der Waals surface area (Å²) in [5.41, 5.74) is 2.99. The van der Waals surface area contributed by atoms with Crippen LogP contribution in [0.2, 0.25) is 0 Å². The molecule has 2 aliphatic heterocycles. The van der Waals surface area contributed by atoms with Crippen molar-refractivity contribution in [2.45, 2.75) is 56.5 Å². The van der Waals surface area contributed by atoms with Gasteiger partial charge in [0.05, 0.1) is 17.0 Å². The third-order valence-corrected chi connectivity index (χ3v) is 5.80. The Morgan fingerprint density at radius 3 is 2.73 bits per heavy atom. The molecule has 1 unspecified atom stereocenters. The second-order valence-electron chi connectivity index (χ2n) is 7.76. The molecule has 0 bridgehead atoms. The van der Waals surface area contributed by atoms with Crippen LogP contribution in [0.4, 0.5) is 0 Å². The fraction of sp³-hybridized carbons (Fsp3) is 0.632. The number of rotatable bonds is 4. The van der Waals surface area contributed by atoms with E-state index in [1.54, 1.807) is 0 Å². The van der Waals surface area contributed by atoms with Crippen LogP contribution in [0.3, 0.4) is 0 Å². The van der Waals surface area contributed by atoms with Crippen molar-refractivity contribution in [2.24, 2.45) is 0 Å². The van der Waals surface area contributed by atoms with Gasteiger partial charge in [-0.3, -0.25) is 4.79 Å². The van der Waals surface area contributed by atoms with E-state index in [0.29, 0.717) is 17.2 Å². The molecule has 3 aliphatic rings. The van der Waals surface area contributed by atoms with Crippen LogP contribution in [-0.4, -0.2) is 41.7 Å². The number of nitrogens with zero attached hydrogens (tertiary/aromatic N) is 2. The van der Waals surface area contributed by atoms with Crippen molar-refractivity contribution in [3.8, 4) is 0 Å². The molecule has 2 aromatic heterocycles. The molecule has 26 heavy (non-hydrogen) atoms. The first-order valence-corrected chi connectivity index (χ1v) is 9.85. The van der Waals surface area contributed by atoms with E-state index < -0.39 is 0 Å². The largest absolute Gasteiger partial charge is 0.349 e. The molecule has 3 fully saturated rings. The highest BCUT2D eigenvalue weighted by Crippen LogP contribution is 2.41. The van der Waals surface area contributed by atoms with Crippen molar-refractivity contribution in [2.75, 3.05) is 19.6 Å². The van der Waals surface area contributed by atoms with Crippen LogP contribution in [0, 0.1) is 0 Å². The van der Waals surface area contributed by atoms with E-state index in [1.165, 1.54) is 0 Å². The lowest BCUT2D eigenvalue weighted by Gasteiger charge is -2.24. The summed E-state index contributed by atoms with van der Waals surface area (Å²) in [5.74, 6) is 0.441. The molecule has 0 aromatic carbocycles. The highest BCUT2D eigenvalue weighted by Gasteiger charge is 2.31. The smallest absolute Gasteiger partial charge is 0.259 e. The first-order chi connectivity index (χ1) is 12.8. The number of nitrogens with one attached hydrogen (secondary N) is 3. The van der Waals surface area contributed by atoms with Crippen LogP contribution < -0.4 is 16.0 Å². The molecular formula is C19H25N5O2. The van der Waals surface area contributed by atoms with Crippen LogP contribution in [0.5, 0.6) is 0 Å². The molecule has 0 radical (unpaired) electrons. The normalized spacial score (nSPS) is 24.2. The monoisotopic (exact) mass is 355 g/mol. The fourth-order valence-electron chi connectivity index (χ4n) is 4.14. The quantitative estimate of drug-likeness (QED) is 0.777. The molecule has 1 amide bonds. The number of pyridine rings is 1. The average molecular weight is 355 g/mol. The third kappa shape index (κ3) is 2.99. The lowest BCUT2D eigenvalue weighted by atomic mass is 10.0. The van der Waals surface area contributed by atoms with E-state index in [1.807, 2.05) is 6.07 Å². The fourth-order valence-corrected chi connectivity index (χ4v) is 4.14. The minimum atomic E-state index is -0.0198. The number of hydrogen-bond acceptors (Lipinski definition) is 6. The zero-order valence-corrected chi connectivity index (χ0v) is 14.9. The van der Waals surface area contributed by atoms with E-state index in [2.05, 4.69) is 26.1 Å². The topological polar surface area (TPSA) is 92.1 Å². The predicted octanol–water partition coefficient (Wildman–Crippen LogP) is 2.01. The van der Waals surface area contributed by atoms with Crippen LogP contribution in [0.25, 0.3) is 11.1 Å². The Bertz CT molecular complexity index is 817. The standard InChI is InChI=1S/C19H25N5O2/c25-18(22-12-5-8-20-9-6-12)13-10-15(11-3-4-11)23-19-16(13)17(24-26-19)14-2-1-7-21-14/h10-12,14,20-21H,1-9H2,(H,22,25). The molecule has 4 heterocycles. The maximum absolute atomic E-state index is 13.1. The molecule has 7 heteroatoms. The minimum Gasteiger partial charge on any atom is -0.349 e. The highest BCUT2D eigenvalue weighted by molar-refractivity contribution is 6.06. The van der Waals surface area contributed by atoms with Gasteiger partial charge >= 0.3 is 0 Å². The van der Waals surface area contributed by atoms with Gasteiger partial charge in [-0.05, 0) is 64.2 Å². The molecular weight excluding hydrogens is 330 g/mol. The Labute approximate surface area is 152 Å². The molecule has 0 spiro atoms. The second-order valence-corrected chi connectivity index (χ2v) is 7.76. The van der Waals surface area contributed by atoms with E-state index in [0.717, 1.165) is 74.9 Å². The number of piperidine rings is 1. The Kier molecular flexibility index (Phi) is 4.13. The highest BCUT2D eigenvalue weighted by atomic mass is 16.5. The lowest BCUT2D eigenvalue weighted by molar-refractivity contribution is 0.0931. The second kappa shape index (κ2) is 6.63. The number of fused-ring (bicyclic) bond motifs is 1. The zero-order chi connectivity index (χ0) is 17.5. The third-order valence-electron chi connectivity index (χ3n) is 5.80. The summed E-state index contributed by atoms with van der Waals surface area (Å²) in [6.07, 6.45) is 6.34. The minimum absolute atomic E-state index is 0.0198. The van der Waals surface area contributed by atoms with Gasteiger partial charge in [0.2, 0.25) is 0 Å². The van der Waals surface area contributed by atoms with Gasteiger partial charge in [-0.1, -0.05) is 5.16 Å². The summed E-state index contributed by atoms with van der Waals surface area (Å²) >= 11 is 0. The Balaban J connectivity index is 1.53. The van der Waals surface area contributed by atoms with E-state index >= 15 is 0 Å². The summed E-state index contributed by atoms with van der Waals surface area (Å²) in [6.45, 7) is 2.88. The van der Waals surface area contributed by atoms with Gasteiger partial charge in [0, 0.05) is 17.7 Å². The molecule has 1 saturated carbocycles. The number of aromatic nitrogens is 2. The summed E-state index contributed by atoms with van der Waals surface area (Å²) < 4.78 is 5.57. The molecule has 138 valence electrons. The number of amides is 1. The SMILES string of the molecule is O=C(NC1CCNCC1)c1cc(C2CC2)nc2onc(C3CCCN3)c12. The van der Waals surface area contributed by atoms with Crippen LogP contribution in [0.15, 0.2) is 10.6 Å². The summed E-state index contributed by atoms with van der Waals surface area (Å²) in [4.78, 5) is 17.8. The van der Waals surface area contributed by atoms with Gasteiger partial charge in [0.25, 0.3) is 11.6 Å².